The van der Waals surface area contributed by atoms with Gasteiger partial charge in [-0.3, -0.25) is 4.68 Å². The van der Waals surface area contributed by atoms with E-state index >= 15 is 0 Å². The van der Waals surface area contributed by atoms with Crippen LogP contribution >= 0.6 is 0 Å². The van der Waals surface area contributed by atoms with Gasteiger partial charge in [0.2, 0.25) is 10.0 Å². The van der Waals surface area contributed by atoms with Gasteiger partial charge in [0.05, 0.1) is 11.4 Å². The summed E-state index contributed by atoms with van der Waals surface area (Å²) in [6.45, 7) is 5.57. The first-order chi connectivity index (χ1) is 9.79. The topological polar surface area (TPSA) is 64.0 Å². The highest BCUT2D eigenvalue weighted by Gasteiger charge is 2.43. The van der Waals surface area contributed by atoms with Crippen LogP contribution in [0.4, 0.5) is 0 Å². The molecule has 0 saturated heterocycles. The van der Waals surface area contributed by atoms with Crippen molar-refractivity contribution in [2.45, 2.75) is 57.4 Å². The van der Waals surface area contributed by atoms with Gasteiger partial charge in [0.1, 0.15) is 4.90 Å². The van der Waals surface area contributed by atoms with E-state index in [2.05, 4.69) is 9.82 Å². The Labute approximate surface area is 127 Å². The van der Waals surface area contributed by atoms with Crippen LogP contribution in [0.15, 0.2) is 4.90 Å². The summed E-state index contributed by atoms with van der Waals surface area (Å²) in [5, 5.41) is 4.22. The molecule has 3 rings (SSSR count). The lowest BCUT2D eigenvalue weighted by Gasteiger charge is -2.28. The van der Waals surface area contributed by atoms with Crippen molar-refractivity contribution in [3.63, 3.8) is 0 Å². The zero-order valence-corrected chi connectivity index (χ0v) is 14.1. The molecule has 1 aromatic heterocycles. The van der Waals surface area contributed by atoms with E-state index in [1.165, 1.54) is 25.7 Å². The number of sulfonamides is 1. The molecule has 1 heterocycles. The Hall–Kier alpha value is -0.880. The van der Waals surface area contributed by atoms with Crippen LogP contribution in [0.25, 0.3) is 0 Å². The summed E-state index contributed by atoms with van der Waals surface area (Å²) in [6, 6.07) is 0.00399. The smallest absolute Gasteiger partial charge is 0.244 e. The fraction of sp³-hybridized carbons (Fsp3) is 0.800. The number of aromatic nitrogens is 2. The summed E-state index contributed by atoms with van der Waals surface area (Å²) in [4.78, 5) is 0.347. The van der Waals surface area contributed by atoms with Crippen molar-refractivity contribution < 1.29 is 8.42 Å². The highest BCUT2D eigenvalue weighted by molar-refractivity contribution is 7.89. The molecule has 1 N–H and O–H groups in total. The molecule has 0 unspecified atom stereocenters. The van der Waals surface area contributed by atoms with E-state index in [0.717, 1.165) is 5.92 Å². The van der Waals surface area contributed by atoms with Gasteiger partial charge in [-0.15, -0.1) is 0 Å². The second-order valence-corrected chi connectivity index (χ2v) is 8.52. The quantitative estimate of drug-likeness (QED) is 0.926. The minimum atomic E-state index is -3.49. The molecule has 2 bridgehead atoms. The number of fused-ring (bicyclic) bond motifs is 2. The third-order valence-electron chi connectivity index (χ3n) is 5.49. The number of rotatable bonds is 4. The molecule has 21 heavy (non-hydrogen) atoms. The van der Waals surface area contributed by atoms with Crippen LogP contribution in [0.5, 0.6) is 0 Å². The predicted octanol–water partition coefficient (Wildman–Crippen LogP) is 2.14. The molecule has 2 aliphatic carbocycles. The van der Waals surface area contributed by atoms with Crippen LogP contribution < -0.4 is 4.72 Å². The van der Waals surface area contributed by atoms with Gasteiger partial charge in [0.15, 0.2) is 0 Å². The first-order valence-corrected chi connectivity index (χ1v) is 9.30. The van der Waals surface area contributed by atoms with Crippen molar-refractivity contribution >= 4 is 10.0 Å². The largest absolute Gasteiger partial charge is 0.271 e. The Balaban J connectivity index is 1.80. The Morgan fingerprint density at radius 3 is 2.48 bits per heavy atom. The predicted molar refractivity (Wildman–Crippen MR) is 81.4 cm³/mol. The van der Waals surface area contributed by atoms with E-state index in [9.17, 15) is 8.42 Å². The zero-order valence-electron chi connectivity index (χ0n) is 13.3. The number of hydrogen-bond donors (Lipinski definition) is 1. The van der Waals surface area contributed by atoms with Crippen molar-refractivity contribution in [2.75, 3.05) is 0 Å². The fourth-order valence-electron chi connectivity index (χ4n) is 4.44. The minimum absolute atomic E-state index is 0.00399. The molecular formula is C15H25N3O2S. The molecule has 0 spiro atoms. The number of nitrogens with one attached hydrogen (secondary N) is 1. The lowest BCUT2D eigenvalue weighted by molar-refractivity contribution is 0.280. The van der Waals surface area contributed by atoms with E-state index in [0.29, 0.717) is 28.1 Å². The summed E-state index contributed by atoms with van der Waals surface area (Å²) in [7, 11) is -1.71. The number of nitrogens with zero attached hydrogens (tertiary/aromatic N) is 2. The second kappa shape index (κ2) is 5.09. The maximum absolute atomic E-state index is 12.7. The molecule has 2 fully saturated rings. The van der Waals surface area contributed by atoms with E-state index in [4.69, 9.17) is 0 Å². The highest BCUT2D eigenvalue weighted by atomic mass is 32.2. The van der Waals surface area contributed by atoms with E-state index in [1.807, 2.05) is 6.92 Å². The lowest BCUT2D eigenvalue weighted by Crippen LogP contribution is -2.40. The van der Waals surface area contributed by atoms with Crippen LogP contribution in [-0.2, 0) is 17.1 Å². The first-order valence-electron chi connectivity index (χ1n) is 7.82. The minimum Gasteiger partial charge on any atom is -0.271 e. The molecule has 6 heteroatoms. The van der Waals surface area contributed by atoms with Crippen molar-refractivity contribution in [2.24, 2.45) is 24.8 Å². The van der Waals surface area contributed by atoms with E-state index in [1.54, 1.807) is 25.6 Å². The monoisotopic (exact) mass is 311 g/mol. The van der Waals surface area contributed by atoms with Crippen LogP contribution in [0, 0.1) is 31.6 Å². The molecule has 1 aromatic rings. The highest BCUT2D eigenvalue weighted by Crippen LogP contribution is 2.49. The van der Waals surface area contributed by atoms with Crippen molar-refractivity contribution in [3.8, 4) is 0 Å². The summed E-state index contributed by atoms with van der Waals surface area (Å²) in [5.74, 6) is 2.04. The van der Waals surface area contributed by atoms with Gasteiger partial charge in [-0.25, -0.2) is 13.1 Å². The lowest BCUT2D eigenvalue weighted by atomic mass is 9.84. The third kappa shape index (κ3) is 2.52. The summed E-state index contributed by atoms with van der Waals surface area (Å²) in [5.41, 5.74) is 1.27. The average molecular weight is 311 g/mol. The normalized spacial score (nSPS) is 30.0. The SMILES string of the molecule is Cc1nn(C)c(C)c1S(=O)(=O)N[C@H](C)[C@@H]1C[C@@H]2CC[C@@H]1C2. The van der Waals surface area contributed by atoms with Crippen molar-refractivity contribution in [3.05, 3.63) is 11.4 Å². The van der Waals surface area contributed by atoms with Crippen LogP contribution in [0.3, 0.4) is 0 Å². The van der Waals surface area contributed by atoms with Gasteiger partial charge in [-0.2, -0.15) is 5.10 Å². The van der Waals surface area contributed by atoms with Gasteiger partial charge >= 0.3 is 0 Å². The molecule has 5 nitrogen and oxygen atoms in total. The van der Waals surface area contributed by atoms with Crippen LogP contribution in [0.2, 0.25) is 0 Å². The van der Waals surface area contributed by atoms with Gasteiger partial charge in [-0.1, -0.05) is 6.42 Å². The molecule has 0 aromatic carbocycles. The zero-order chi connectivity index (χ0) is 15.4. The molecule has 4 atom stereocenters. The van der Waals surface area contributed by atoms with Gasteiger partial charge in [0.25, 0.3) is 0 Å². The number of hydrogen-bond acceptors (Lipinski definition) is 3. The molecule has 0 amide bonds. The van der Waals surface area contributed by atoms with Crippen molar-refractivity contribution in [1.29, 1.82) is 0 Å². The molecule has 2 saturated carbocycles. The Kier molecular flexibility index (Phi) is 3.64. The molecule has 2 aliphatic rings. The Morgan fingerprint density at radius 1 is 1.29 bits per heavy atom. The van der Waals surface area contributed by atoms with Crippen LogP contribution in [0.1, 0.15) is 44.0 Å². The van der Waals surface area contributed by atoms with E-state index in [-0.39, 0.29) is 6.04 Å². The van der Waals surface area contributed by atoms with E-state index < -0.39 is 10.0 Å². The number of aryl methyl sites for hydroxylation is 2. The van der Waals surface area contributed by atoms with Crippen LogP contribution in [-0.4, -0.2) is 24.2 Å². The fourth-order valence-corrected chi connectivity index (χ4v) is 6.17. The molecule has 0 radical (unpaired) electrons. The maximum Gasteiger partial charge on any atom is 0.244 e. The molecular weight excluding hydrogens is 286 g/mol. The maximum atomic E-state index is 12.7. The third-order valence-corrected chi connectivity index (χ3v) is 7.30. The second-order valence-electron chi connectivity index (χ2n) is 6.87. The Bertz CT molecular complexity index is 650. The summed E-state index contributed by atoms with van der Waals surface area (Å²) < 4.78 is 29.9. The Morgan fingerprint density at radius 2 is 2.00 bits per heavy atom. The van der Waals surface area contributed by atoms with Gasteiger partial charge in [-0.05, 0) is 57.8 Å². The summed E-state index contributed by atoms with van der Waals surface area (Å²) >= 11 is 0. The standard InChI is InChI=1S/C15H25N3O2S/c1-9(14-8-12-5-6-13(14)7-12)17-21(19,20)15-10(2)16-18(4)11(15)3/h9,12-14,17H,5-8H2,1-4H3/t9-,12-,13-,14+/m1/s1. The molecule has 118 valence electrons. The van der Waals surface area contributed by atoms with Gasteiger partial charge < -0.3 is 0 Å². The van der Waals surface area contributed by atoms with Crippen molar-refractivity contribution in [1.82, 2.24) is 14.5 Å². The average Bonchev–Trinajstić information content (AvgIpc) is 3.04. The molecule has 0 aliphatic heterocycles. The summed E-state index contributed by atoms with van der Waals surface area (Å²) in [6.07, 6.45) is 5.08. The first kappa shape index (κ1) is 15.0. The van der Waals surface area contributed by atoms with Gasteiger partial charge in [0, 0.05) is 13.1 Å².